The Bertz CT molecular complexity index is 497. The van der Waals surface area contributed by atoms with Crippen molar-refractivity contribution in [2.45, 2.75) is 57.7 Å². The van der Waals surface area contributed by atoms with Gasteiger partial charge in [-0.25, -0.2) is 0 Å². The van der Waals surface area contributed by atoms with Gasteiger partial charge in [-0.15, -0.1) is 0 Å². The fraction of sp³-hybridized carbons (Fsp3) is 0.667. The number of likely N-dealkylation sites (tertiary alicyclic amines) is 1. The van der Waals surface area contributed by atoms with Gasteiger partial charge in [0.25, 0.3) is 0 Å². The first-order valence-corrected chi connectivity index (χ1v) is 8.43. The quantitative estimate of drug-likeness (QED) is 0.908. The number of fused-ring (bicyclic) bond motifs is 1. The first-order chi connectivity index (χ1) is 10.1. The molecule has 0 spiro atoms. The Morgan fingerprint density at radius 3 is 2.76 bits per heavy atom. The molecule has 0 bridgehead atoms. The summed E-state index contributed by atoms with van der Waals surface area (Å²) in [5.41, 5.74) is 10.9. The average Bonchev–Trinajstić information content (AvgIpc) is 2.70. The van der Waals surface area contributed by atoms with Gasteiger partial charge in [-0.1, -0.05) is 18.6 Å². The van der Waals surface area contributed by atoms with Crippen LogP contribution in [0.5, 0.6) is 0 Å². The molecule has 2 aliphatic heterocycles. The number of hydrogen-bond acceptors (Lipinski definition) is 3. The predicted octanol–water partition coefficient (Wildman–Crippen LogP) is 2.94. The fourth-order valence-corrected chi connectivity index (χ4v) is 4.01. The molecule has 1 aromatic rings. The van der Waals surface area contributed by atoms with Crippen LogP contribution < -0.4 is 10.6 Å². The lowest BCUT2D eigenvalue weighted by molar-refractivity contribution is 0.144. The highest BCUT2D eigenvalue weighted by Gasteiger charge is 2.31. The maximum atomic E-state index is 6.56. The third kappa shape index (κ3) is 2.82. The molecule has 0 amide bonds. The van der Waals surface area contributed by atoms with E-state index in [1.165, 1.54) is 42.6 Å². The smallest absolute Gasteiger partial charge is 0.0501 e. The van der Waals surface area contributed by atoms with Gasteiger partial charge >= 0.3 is 0 Å². The van der Waals surface area contributed by atoms with Crippen LogP contribution in [0.4, 0.5) is 5.69 Å². The number of likely N-dealkylation sites (N-methyl/N-ethyl adjacent to an activating group) is 1. The van der Waals surface area contributed by atoms with Gasteiger partial charge in [-0.3, -0.25) is 4.90 Å². The molecule has 3 heteroatoms. The monoisotopic (exact) mass is 287 g/mol. The second-order valence-electron chi connectivity index (χ2n) is 7.00. The molecular weight excluding hydrogens is 258 g/mol. The van der Waals surface area contributed by atoms with Gasteiger partial charge in [0, 0.05) is 31.4 Å². The van der Waals surface area contributed by atoms with Crippen molar-refractivity contribution in [1.29, 1.82) is 0 Å². The van der Waals surface area contributed by atoms with E-state index in [0.29, 0.717) is 12.1 Å². The Morgan fingerprint density at radius 2 is 2.00 bits per heavy atom. The number of nitrogens with two attached hydrogens (primary N) is 1. The fourth-order valence-electron chi connectivity index (χ4n) is 4.01. The summed E-state index contributed by atoms with van der Waals surface area (Å²) in [6, 6.07) is 8.22. The Hall–Kier alpha value is -1.06. The normalized spacial score (nSPS) is 27.0. The van der Waals surface area contributed by atoms with Crippen LogP contribution in [0, 0.1) is 0 Å². The number of nitrogens with zero attached hydrogens (tertiary/aromatic N) is 2. The standard InChI is InChI=1S/C18H29N3/c1-13(2)21-10-5-4-6-16(19)18(21)15-7-8-17-14(12-15)9-11-20(17)3/h7-8,12-13,16,18H,4-6,9-11,19H2,1-3H3. The van der Waals surface area contributed by atoms with E-state index in [1.54, 1.807) is 0 Å². The second-order valence-corrected chi connectivity index (χ2v) is 7.00. The molecule has 1 aromatic carbocycles. The van der Waals surface area contributed by atoms with Gasteiger partial charge in [0.05, 0.1) is 6.04 Å². The van der Waals surface area contributed by atoms with E-state index in [1.807, 2.05) is 0 Å². The van der Waals surface area contributed by atoms with Crippen molar-refractivity contribution in [3.8, 4) is 0 Å². The minimum absolute atomic E-state index is 0.257. The molecule has 116 valence electrons. The summed E-state index contributed by atoms with van der Waals surface area (Å²) in [6.07, 6.45) is 4.85. The van der Waals surface area contributed by atoms with Gasteiger partial charge in [0.2, 0.25) is 0 Å². The molecule has 0 aliphatic carbocycles. The van der Waals surface area contributed by atoms with E-state index in [0.717, 1.165) is 13.0 Å². The van der Waals surface area contributed by atoms with Crippen LogP contribution in [0.25, 0.3) is 0 Å². The zero-order valence-corrected chi connectivity index (χ0v) is 13.7. The predicted molar refractivity (Wildman–Crippen MR) is 89.8 cm³/mol. The number of rotatable bonds is 2. The largest absolute Gasteiger partial charge is 0.374 e. The third-order valence-corrected chi connectivity index (χ3v) is 5.20. The van der Waals surface area contributed by atoms with Gasteiger partial charge in [0.15, 0.2) is 0 Å². The summed E-state index contributed by atoms with van der Waals surface area (Å²) in [5.74, 6) is 0. The zero-order chi connectivity index (χ0) is 15.0. The summed E-state index contributed by atoms with van der Waals surface area (Å²) in [5, 5.41) is 0. The third-order valence-electron chi connectivity index (χ3n) is 5.20. The Balaban J connectivity index is 1.95. The molecule has 2 heterocycles. The summed E-state index contributed by atoms with van der Waals surface area (Å²) in [4.78, 5) is 4.96. The summed E-state index contributed by atoms with van der Waals surface area (Å²) in [6.45, 7) is 6.91. The van der Waals surface area contributed by atoms with Crippen LogP contribution in [0.3, 0.4) is 0 Å². The molecule has 3 rings (SSSR count). The highest BCUT2D eigenvalue weighted by Crippen LogP contribution is 2.35. The van der Waals surface area contributed by atoms with Crippen LogP contribution in [0.1, 0.15) is 50.3 Å². The summed E-state index contributed by atoms with van der Waals surface area (Å²) >= 11 is 0. The highest BCUT2D eigenvalue weighted by atomic mass is 15.2. The molecule has 1 fully saturated rings. The zero-order valence-electron chi connectivity index (χ0n) is 13.7. The Morgan fingerprint density at radius 1 is 1.19 bits per heavy atom. The lowest BCUT2D eigenvalue weighted by Crippen LogP contribution is -2.43. The van der Waals surface area contributed by atoms with Crippen LogP contribution >= 0.6 is 0 Å². The molecular formula is C18H29N3. The SMILES string of the molecule is CC(C)N1CCCCC(N)C1c1ccc2c(c1)CCN2C. The van der Waals surface area contributed by atoms with Crippen LogP contribution in [0.15, 0.2) is 18.2 Å². The van der Waals surface area contributed by atoms with Crippen molar-refractivity contribution < 1.29 is 0 Å². The molecule has 3 nitrogen and oxygen atoms in total. The van der Waals surface area contributed by atoms with Crippen molar-refractivity contribution >= 4 is 5.69 Å². The first kappa shape index (κ1) is 14.9. The van der Waals surface area contributed by atoms with E-state index in [-0.39, 0.29) is 6.04 Å². The van der Waals surface area contributed by atoms with E-state index in [9.17, 15) is 0 Å². The molecule has 2 unspecified atom stereocenters. The maximum Gasteiger partial charge on any atom is 0.0501 e. The topological polar surface area (TPSA) is 32.5 Å². The molecule has 2 N–H and O–H groups in total. The molecule has 2 atom stereocenters. The van der Waals surface area contributed by atoms with Crippen molar-refractivity contribution in [2.75, 3.05) is 25.0 Å². The number of benzene rings is 1. The lowest BCUT2D eigenvalue weighted by atomic mass is 9.93. The molecule has 1 saturated heterocycles. The number of anilines is 1. The van der Waals surface area contributed by atoms with Crippen molar-refractivity contribution in [2.24, 2.45) is 5.73 Å². The van der Waals surface area contributed by atoms with Crippen LogP contribution in [-0.2, 0) is 6.42 Å². The summed E-state index contributed by atoms with van der Waals surface area (Å²) < 4.78 is 0. The molecule has 0 saturated carbocycles. The first-order valence-electron chi connectivity index (χ1n) is 8.43. The van der Waals surface area contributed by atoms with Crippen molar-refractivity contribution in [3.05, 3.63) is 29.3 Å². The summed E-state index contributed by atoms with van der Waals surface area (Å²) in [7, 11) is 2.18. The van der Waals surface area contributed by atoms with E-state index in [2.05, 4.69) is 48.9 Å². The van der Waals surface area contributed by atoms with Crippen molar-refractivity contribution in [3.63, 3.8) is 0 Å². The Kier molecular flexibility index (Phi) is 4.23. The average molecular weight is 287 g/mol. The number of hydrogen-bond donors (Lipinski definition) is 1. The van der Waals surface area contributed by atoms with Gasteiger partial charge in [-0.05, 0) is 56.8 Å². The van der Waals surface area contributed by atoms with Crippen molar-refractivity contribution in [1.82, 2.24) is 4.90 Å². The highest BCUT2D eigenvalue weighted by molar-refractivity contribution is 5.58. The lowest BCUT2D eigenvalue weighted by Gasteiger charge is -2.37. The van der Waals surface area contributed by atoms with Gasteiger partial charge in [-0.2, -0.15) is 0 Å². The van der Waals surface area contributed by atoms with E-state index in [4.69, 9.17) is 5.73 Å². The molecule has 0 radical (unpaired) electrons. The van der Waals surface area contributed by atoms with Crippen LogP contribution in [0.2, 0.25) is 0 Å². The van der Waals surface area contributed by atoms with E-state index >= 15 is 0 Å². The minimum atomic E-state index is 0.257. The van der Waals surface area contributed by atoms with Gasteiger partial charge < -0.3 is 10.6 Å². The molecule has 0 aromatic heterocycles. The van der Waals surface area contributed by atoms with Crippen LogP contribution in [-0.4, -0.2) is 37.1 Å². The molecule has 21 heavy (non-hydrogen) atoms. The molecule has 2 aliphatic rings. The Labute approximate surface area is 129 Å². The van der Waals surface area contributed by atoms with E-state index < -0.39 is 0 Å². The maximum absolute atomic E-state index is 6.56. The second kappa shape index (κ2) is 5.98. The minimum Gasteiger partial charge on any atom is -0.374 e. The van der Waals surface area contributed by atoms with Gasteiger partial charge in [0.1, 0.15) is 0 Å².